The molecule has 0 aliphatic rings. The summed E-state index contributed by atoms with van der Waals surface area (Å²) in [5.41, 5.74) is 5.47. The lowest BCUT2D eigenvalue weighted by Crippen LogP contribution is -2.07. The minimum Gasteiger partial charge on any atom is -0.481 e. The molecule has 152 valence electrons. The number of methoxy groups -OCH3 is 1. The molecule has 0 spiro atoms. The molecule has 0 fully saturated rings. The lowest BCUT2D eigenvalue weighted by Gasteiger charge is -2.08. The average Bonchev–Trinajstić information content (AvgIpc) is 3.13. The number of carbonyl (C=O) groups excluding carboxylic acids is 1. The number of ether oxygens (including phenoxy) is 1. The summed E-state index contributed by atoms with van der Waals surface area (Å²) >= 11 is 0. The van der Waals surface area contributed by atoms with Crippen molar-refractivity contribution in [3.8, 4) is 28.3 Å². The first kappa shape index (κ1) is 19.5. The Hall–Kier alpha value is -3.78. The minimum absolute atomic E-state index is 0.200. The molecule has 0 saturated heterocycles. The Labute approximate surface area is 173 Å². The molecule has 0 saturated carbocycles. The normalized spacial score (nSPS) is 12.0. The number of aromatic nitrogens is 4. The van der Waals surface area contributed by atoms with E-state index >= 15 is 0 Å². The van der Waals surface area contributed by atoms with Gasteiger partial charge < -0.3 is 20.1 Å². The maximum Gasteiger partial charge on any atom is 0.222 e. The molecule has 0 radical (unpaired) electrons. The summed E-state index contributed by atoms with van der Waals surface area (Å²) in [4.78, 5) is 28.0. The number of anilines is 1. The molecule has 1 amide bonds. The molecule has 4 rings (SSSR count). The van der Waals surface area contributed by atoms with Crippen molar-refractivity contribution in [2.24, 2.45) is 0 Å². The predicted octanol–water partition coefficient (Wildman–Crippen LogP) is 3.71. The lowest BCUT2D eigenvalue weighted by molar-refractivity contribution is -0.114. The van der Waals surface area contributed by atoms with Crippen molar-refractivity contribution in [1.82, 2.24) is 19.9 Å². The number of fused-ring (bicyclic) bond motifs is 1. The fourth-order valence-electron chi connectivity index (χ4n) is 3.43. The van der Waals surface area contributed by atoms with Gasteiger partial charge in [-0.3, -0.25) is 9.78 Å². The summed E-state index contributed by atoms with van der Waals surface area (Å²) < 4.78 is 5.18. The second-order valence-electron chi connectivity index (χ2n) is 6.87. The van der Waals surface area contributed by atoms with Gasteiger partial charge in [0.1, 0.15) is 5.82 Å². The zero-order chi connectivity index (χ0) is 21.3. The molecule has 0 aromatic carbocycles. The van der Waals surface area contributed by atoms with Crippen molar-refractivity contribution in [3.05, 3.63) is 54.5 Å². The van der Waals surface area contributed by atoms with Crippen LogP contribution in [-0.4, -0.2) is 38.1 Å². The Morgan fingerprint density at radius 2 is 1.93 bits per heavy atom. The highest BCUT2D eigenvalue weighted by atomic mass is 16.5. The molecule has 1 atom stereocenters. The zero-order valence-electron chi connectivity index (χ0n) is 16.8. The third kappa shape index (κ3) is 3.60. The Balaban J connectivity index is 1.98. The van der Waals surface area contributed by atoms with Crippen molar-refractivity contribution >= 4 is 22.8 Å². The molecular weight excluding hydrogens is 382 g/mol. The van der Waals surface area contributed by atoms with Gasteiger partial charge in [0.25, 0.3) is 0 Å². The number of nitrogens with zero attached hydrogens (tertiary/aromatic N) is 3. The molecule has 0 bridgehead atoms. The summed E-state index contributed by atoms with van der Waals surface area (Å²) in [6.45, 7) is 3.15. The van der Waals surface area contributed by atoms with E-state index in [1.165, 1.54) is 6.92 Å². The number of H-pyrrole nitrogens is 1. The van der Waals surface area contributed by atoms with Gasteiger partial charge in [0, 0.05) is 53.8 Å². The largest absolute Gasteiger partial charge is 0.481 e. The topological polar surface area (TPSA) is 113 Å². The number of nitrogens with one attached hydrogen (secondary N) is 2. The maximum atomic E-state index is 11.5. The number of carbonyl (C=O) groups is 1. The van der Waals surface area contributed by atoms with Crippen LogP contribution >= 0.6 is 0 Å². The van der Waals surface area contributed by atoms with E-state index in [0.717, 1.165) is 33.5 Å². The lowest BCUT2D eigenvalue weighted by atomic mass is 10.0. The van der Waals surface area contributed by atoms with Crippen LogP contribution in [0.4, 0.5) is 5.82 Å². The van der Waals surface area contributed by atoms with Crippen LogP contribution in [0.3, 0.4) is 0 Å². The van der Waals surface area contributed by atoms with Crippen LogP contribution in [0.2, 0.25) is 0 Å². The van der Waals surface area contributed by atoms with Crippen molar-refractivity contribution in [2.45, 2.75) is 20.0 Å². The summed E-state index contributed by atoms with van der Waals surface area (Å²) in [6.07, 6.45) is 4.36. The molecule has 3 N–H and O–H groups in total. The summed E-state index contributed by atoms with van der Waals surface area (Å²) in [5, 5.41) is 12.9. The Morgan fingerprint density at radius 3 is 2.60 bits per heavy atom. The zero-order valence-corrected chi connectivity index (χ0v) is 16.8. The quantitative estimate of drug-likeness (QED) is 0.468. The SMILES string of the molecule is COc1ccc(-c2c(-c3ccnc(NC(C)=O)c3)[nH]c3c(C(C)O)ccnc23)cn1. The molecular formula is C22H21N5O3. The molecule has 0 aliphatic carbocycles. The number of aliphatic hydroxyl groups excluding tert-OH is 1. The van der Waals surface area contributed by atoms with E-state index in [0.29, 0.717) is 17.2 Å². The molecule has 8 nitrogen and oxygen atoms in total. The highest BCUT2D eigenvalue weighted by molar-refractivity contribution is 6.03. The van der Waals surface area contributed by atoms with Crippen LogP contribution in [0.25, 0.3) is 33.4 Å². The van der Waals surface area contributed by atoms with Gasteiger partial charge in [0.15, 0.2) is 0 Å². The molecule has 4 aromatic rings. The van der Waals surface area contributed by atoms with Gasteiger partial charge in [-0.1, -0.05) is 0 Å². The van der Waals surface area contributed by atoms with Gasteiger partial charge in [-0.05, 0) is 31.2 Å². The van der Waals surface area contributed by atoms with Crippen molar-refractivity contribution in [2.75, 3.05) is 12.4 Å². The second kappa shape index (κ2) is 7.92. The van der Waals surface area contributed by atoms with Gasteiger partial charge in [0.2, 0.25) is 11.8 Å². The number of hydrogen-bond acceptors (Lipinski definition) is 6. The molecule has 0 aliphatic heterocycles. The summed E-state index contributed by atoms with van der Waals surface area (Å²) in [5.74, 6) is 0.754. The van der Waals surface area contributed by atoms with Gasteiger partial charge in [0.05, 0.1) is 29.9 Å². The van der Waals surface area contributed by atoms with Gasteiger partial charge in [-0.2, -0.15) is 0 Å². The van der Waals surface area contributed by atoms with E-state index in [2.05, 4.69) is 25.3 Å². The van der Waals surface area contributed by atoms with Crippen LogP contribution < -0.4 is 10.1 Å². The average molecular weight is 403 g/mol. The monoisotopic (exact) mass is 403 g/mol. The first-order valence-electron chi connectivity index (χ1n) is 9.41. The Kier molecular flexibility index (Phi) is 5.16. The van der Waals surface area contributed by atoms with Crippen LogP contribution in [-0.2, 0) is 4.79 Å². The molecule has 1 unspecified atom stereocenters. The highest BCUT2D eigenvalue weighted by Crippen LogP contribution is 2.39. The third-order valence-electron chi connectivity index (χ3n) is 4.76. The first-order valence-corrected chi connectivity index (χ1v) is 9.41. The van der Waals surface area contributed by atoms with Crippen LogP contribution in [0.15, 0.2) is 48.9 Å². The van der Waals surface area contributed by atoms with E-state index in [1.807, 2.05) is 12.1 Å². The molecule has 4 aromatic heterocycles. The highest BCUT2D eigenvalue weighted by Gasteiger charge is 2.20. The summed E-state index contributed by atoms with van der Waals surface area (Å²) in [6, 6.07) is 9.11. The van der Waals surface area contributed by atoms with Gasteiger partial charge in [-0.15, -0.1) is 0 Å². The van der Waals surface area contributed by atoms with E-state index in [-0.39, 0.29) is 5.91 Å². The number of aromatic amines is 1. The fourth-order valence-corrected chi connectivity index (χ4v) is 3.43. The molecule has 8 heteroatoms. The number of pyridine rings is 3. The van der Waals surface area contributed by atoms with Crippen molar-refractivity contribution < 1.29 is 14.6 Å². The Morgan fingerprint density at radius 1 is 1.13 bits per heavy atom. The van der Waals surface area contributed by atoms with Gasteiger partial charge >= 0.3 is 0 Å². The number of amides is 1. The van der Waals surface area contributed by atoms with E-state index in [1.54, 1.807) is 50.8 Å². The van der Waals surface area contributed by atoms with Gasteiger partial charge in [-0.25, -0.2) is 9.97 Å². The van der Waals surface area contributed by atoms with E-state index < -0.39 is 6.10 Å². The van der Waals surface area contributed by atoms with E-state index in [9.17, 15) is 9.90 Å². The molecule has 30 heavy (non-hydrogen) atoms. The van der Waals surface area contributed by atoms with E-state index in [4.69, 9.17) is 4.74 Å². The van der Waals surface area contributed by atoms with Crippen LogP contribution in [0.5, 0.6) is 5.88 Å². The maximum absolute atomic E-state index is 11.5. The number of hydrogen-bond donors (Lipinski definition) is 3. The number of rotatable bonds is 5. The predicted molar refractivity (Wildman–Crippen MR) is 114 cm³/mol. The standard InChI is InChI=1S/C22H21N5O3/c1-12(28)16-7-9-24-22-19(15-4-5-18(30-3)25-11-15)20(27-21(16)22)14-6-8-23-17(10-14)26-13(2)29/h4-12,27-28H,1-3H3,(H,23,26,29). The Bertz CT molecular complexity index is 1220. The number of aliphatic hydroxyl groups is 1. The van der Waals surface area contributed by atoms with Crippen molar-refractivity contribution in [3.63, 3.8) is 0 Å². The second-order valence-corrected chi connectivity index (χ2v) is 6.87. The third-order valence-corrected chi connectivity index (χ3v) is 4.76. The van der Waals surface area contributed by atoms with Crippen LogP contribution in [0, 0.1) is 0 Å². The van der Waals surface area contributed by atoms with Crippen molar-refractivity contribution in [1.29, 1.82) is 0 Å². The summed E-state index contributed by atoms with van der Waals surface area (Å²) in [7, 11) is 1.57. The smallest absolute Gasteiger partial charge is 0.222 e. The van der Waals surface area contributed by atoms with Crippen LogP contribution in [0.1, 0.15) is 25.5 Å². The molecule has 4 heterocycles. The first-order chi connectivity index (χ1) is 14.5. The fraction of sp³-hybridized carbons (Fsp3) is 0.182. The minimum atomic E-state index is -0.670.